The van der Waals surface area contributed by atoms with Crippen LogP contribution >= 0.6 is 11.6 Å². The van der Waals surface area contributed by atoms with Crippen molar-refractivity contribution in [3.8, 4) is 5.75 Å². The van der Waals surface area contributed by atoms with Crippen LogP contribution in [0.25, 0.3) is 11.0 Å². The molecule has 1 aliphatic heterocycles. The van der Waals surface area contributed by atoms with Crippen molar-refractivity contribution in [1.82, 2.24) is 19.4 Å². The van der Waals surface area contributed by atoms with E-state index in [0.717, 1.165) is 16.7 Å². The smallest absolute Gasteiger partial charge is 0.407 e. The number of piperidine rings is 1. The van der Waals surface area contributed by atoms with E-state index < -0.39 is 6.09 Å². The molecule has 0 bridgehead atoms. The Hall–Kier alpha value is -3.08. The summed E-state index contributed by atoms with van der Waals surface area (Å²) in [6, 6.07) is 7.34. The maximum Gasteiger partial charge on any atom is 0.407 e. The summed E-state index contributed by atoms with van der Waals surface area (Å²) in [5.41, 5.74) is 2.39. The first-order valence-corrected chi connectivity index (χ1v) is 11.1. The summed E-state index contributed by atoms with van der Waals surface area (Å²) in [6.07, 6.45) is 3.70. The zero-order valence-electron chi connectivity index (χ0n) is 18.0. The van der Waals surface area contributed by atoms with Crippen molar-refractivity contribution in [3.05, 3.63) is 41.8 Å². The van der Waals surface area contributed by atoms with E-state index in [2.05, 4.69) is 15.3 Å². The largest absolute Gasteiger partial charge is 0.489 e. The zero-order valence-corrected chi connectivity index (χ0v) is 18.7. The molecule has 11 heteroatoms. The third-order valence-electron chi connectivity index (χ3n) is 5.46. The van der Waals surface area contributed by atoms with Gasteiger partial charge in [0.2, 0.25) is 0 Å². The summed E-state index contributed by atoms with van der Waals surface area (Å²) in [5, 5.41) is 21.7. The molecule has 1 fully saturated rings. The molecule has 3 heterocycles. The van der Waals surface area contributed by atoms with Crippen LogP contribution in [0.4, 0.5) is 16.3 Å². The molecule has 33 heavy (non-hydrogen) atoms. The van der Waals surface area contributed by atoms with Gasteiger partial charge in [-0.15, -0.1) is 0 Å². The second-order valence-corrected chi connectivity index (χ2v) is 8.07. The highest BCUT2D eigenvalue weighted by Gasteiger charge is 2.24. The molecule has 1 saturated heterocycles. The number of ether oxygens (including phenoxy) is 2. The van der Waals surface area contributed by atoms with Crippen LogP contribution in [0.2, 0.25) is 5.02 Å². The number of anilines is 2. The third kappa shape index (κ3) is 5.65. The molecular weight excluding hydrogens is 450 g/mol. The molecule has 3 N–H and O–H groups in total. The number of hydrogen-bond donors (Lipinski definition) is 3. The first kappa shape index (κ1) is 23.1. The third-order valence-corrected chi connectivity index (χ3v) is 5.76. The van der Waals surface area contributed by atoms with E-state index in [1.165, 1.54) is 11.2 Å². The van der Waals surface area contributed by atoms with Crippen molar-refractivity contribution in [2.75, 3.05) is 38.2 Å². The Morgan fingerprint density at radius 3 is 2.76 bits per heavy atom. The first-order chi connectivity index (χ1) is 16.0. The van der Waals surface area contributed by atoms with Crippen molar-refractivity contribution in [2.45, 2.75) is 25.5 Å². The Kier molecular flexibility index (Phi) is 7.48. The molecule has 0 unspecified atom stereocenters. The van der Waals surface area contributed by atoms with Crippen LogP contribution in [0.15, 0.2) is 36.8 Å². The highest BCUT2D eigenvalue weighted by molar-refractivity contribution is 6.32. The molecule has 10 nitrogen and oxygen atoms in total. The number of rotatable bonds is 9. The number of likely N-dealkylation sites (tertiary alicyclic amines) is 1. The van der Waals surface area contributed by atoms with Gasteiger partial charge >= 0.3 is 6.09 Å². The van der Waals surface area contributed by atoms with Crippen molar-refractivity contribution < 1.29 is 24.5 Å². The van der Waals surface area contributed by atoms with Gasteiger partial charge in [-0.3, -0.25) is 0 Å². The van der Waals surface area contributed by atoms with Gasteiger partial charge in [0.25, 0.3) is 0 Å². The summed E-state index contributed by atoms with van der Waals surface area (Å²) in [6.45, 7) is 2.25. The Balaban J connectivity index is 1.44. The predicted molar refractivity (Wildman–Crippen MR) is 123 cm³/mol. The molecule has 0 saturated carbocycles. The Bertz CT molecular complexity index is 1100. The molecule has 3 aromatic rings. The van der Waals surface area contributed by atoms with Gasteiger partial charge in [0.15, 0.2) is 5.82 Å². The highest BCUT2D eigenvalue weighted by Crippen LogP contribution is 2.32. The average Bonchev–Trinajstić information content (AvgIpc) is 3.23. The lowest BCUT2D eigenvalue weighted by Crippen LogP contribution is -2.41. The van der Waals surface area contributed by atoms with Gasteiger partial charge in [-0.25, -0.2) is 14.8 Å². The van der Waals surface area contributed by atoms with Crippen LogP contribution < -0.4 is 10.1 Å². The van der Waals surface area contributed by atoms with E-state index >= 15 is 0 Å². The summed E-state index contributed by atoms with van der Waals surface area (Å²) in [5.74, 6) is 1.20. The highest BCUT2D eigenvalue weighted by atomic mass is 35.5. The zero-order chi connectivity index (χ0) is 23.2. The van der Waals surface area contributed by atoms with Crippen molar-refractivity contribution in [2.24, 2.45) is 0 Å². The lowest BCUT2D eigenvalue weighted by atomic mass is 10.1. The SMILES string of the molecule is O=C(O)N1CCC(Oc2ccc(Nc3ncnc4ccn(CCOCCO)c34)cc2Cl)CC1. The van der Waals surface area contributed by atoms with Crippen molar-refractivity contribution in [1.29, 1.82) is 0 Å². The molecular formula is C22H26ClN5O5. The number of fused-ring (bicyclic) bond motifs is 1. The fourth-order valence-corrected chi connectivity index (χ4v) is 4.02. The molecule has 2 aromatic heterocycles. The minimum atomic E-state index is -0.899. The number of aliphatic hydroxyl groups excluding tert-OH is 1. The molecule has 0 aliphatic carbocycles. The Morgan fingerprint density at radius 2 is 2.03 bits per heavy atom. The minimum absolute atomic E-state index is 0.00959. The van der Waals surface area contributed by atoms with Crippen LogP contribution in [0.5, 0.6) is 5.75 Å². The molecule has 0 radical (unpaired) electrons. The van der Waals surface area contributed by atoms with Crippen molar-refractivity contribution >= 4 is 40.2 Å². The second kappa shape index (κ2) is 10.7. The molecule has 176 valence electrons. The van der Waals surface area contributed by atoms with E-state index in [1.807, 2.05) is 22.9 Å². The van der Waals surface area contributed by atoms with Crippen LogP contribution in [-0.4, -0.2) is 74.8 Å². The van der Waals surface area contributed by atoms with E-state index in [9.17, 15) is 4.79 Å². The molecule has 1 aromatic carbocycles. The number of nitrogens with zero attached hydrogens (tertiary/aromatic N) is 4. The quantitative estimate of drug-likeness (QED) is 0.403. The van der Waals surface area contributed by atoms with Gasteiger partial charge in [-0.1, -0.05) is 11.6 Å². The minimum Gasteiger partial charge on any atom is -0.489 e. The van der Waals surface area contributed by atoms with Gasteiger partial charge in [0.05, 0.1) is 30.4 Å². The lowest BCUT2D eigenvalue weighted by Gasteiger charge is -2.30. The van der Waals surface area contributed by atoms with E-state index in [1.54, 1.807) is 12.1 Å². The van der Waals surface area contributed by atoms with E-state index in [0.29, 0.717) is 62.3 Å². The van der Waals surface area contributed by atoms with Gasteiger partial charge in [0.1, 0.15) is 23.7 Å². The van der Waals surface area contributed by atoms with Crippen LogP contribution in [0, 0.1) is 0 Å². The monoisotopic (exact) mass is 475 g/mol. The summed E-state index contributed by atoms with van der Waals surface area (Å²) < 4.78 is 13.4. The lowest BCUT2D eigenvalue weighted by molar-refractivity contribution is 0.0875. The number of aromatic nitrogens is 3. The summed E-state index contributed by atoms with van der Waals surface area (Å²) in [4.78, 5) is 21.2. The number of benzene rings is 1. The first-order valence-electron chi connectivity index (χ1n) is 10.7. The average molecular weight is 476 g/mol. The predicted octanol–water partition coefficient (Wildman–Crippen LogP) is 3.36. The van der Waals surface area contributed by atoms with Gasteiger partial charge in [-0.2, -0.15) is 0 Å². The fraction of sp³-hybridized carbons (Fsp3) is 0.409. The van der Waals surface area contributed by atoms with Crippen LogP contribution in [0.1, 0.15) is 12.8 Å². The number of carboxylic acid groups (broad SMARTS) is 1. The van der Waals surface area contributed by atoms with Gasteiger partial charge < -0.3 is 34.5 Å². The molecule has 1 amide bonds. The normalized spacial score (nSPS) is 14.5. The van der Waals surface area contributed by atoms with E-state index in [4.69, 9.17) is 31.3 Å². The number of aliphatic hydroxyl groups is 1. The molecule has 1 aliphatic rings. The number of carbonyl (C=O) groups is 1. The maximum absolute atomic E-state index is 11.1. The standard InChI is InChI=1S/C22H26ClN5O5/c23-17-13-15(1-2-19(17)33-16-3-6-28(7-4-16)22(30)31)26-21-20-18(24-14-25-21)5-8-27(20)9-11-32-12-10-29/h1-2,5,8,13-14,16,29H,3-4,6-7,9-12H2,(H,30,31)(H,24,25,26). The second-order valence-electron chi connectivity index (χ2n) is 7.66. The van der Waals surface area contributed by atoms with Crippen LogP contribution in [0.3, 0.4) is 0 Å². The fourth-order valence-electron chi connectivity index (χ4n) is 3.80. The number of nitrogens with one attached hydrogen (secondary N) is 1. The van der Waals surface area contributed by atoms with Crippen molar-refractivity contribution in [3.63, 3.8) is 0 Å². The Morgan fingerprint density at radius 1 is 1.21 bits per heavy atom. The Labute approximate surface area is 195 Å². The molecule has 4 rings (SSSR count). The van der Waals surface area contributed by atoms with Gasteiger partial charge in [-0.05, 0) is 24.3 Å². The molecule has 0 atom stereocenters. The number of halogens is 1. The topological polar surface area (TPSA) is 122 Å². The van der Waals surface area contributed by atoms with Crippen LogP contribution in [-0.2, 0) is 11.3 Å². The van der Waals surface area contributed by atoms with Gasteiger partial charge in [0, 0.05) is 44.4 Å². The summed E-state index contributed by atoms with van der Waals surface area (Å²) in [7, 11) is 0. The molecule has 0 spiro atoms. The number of hydrogen-bond acceptors (Lipinski definition) is 7. The number of amides is 1. The van der Waals surface area contributed by atoms with E-state index in [-0.39, 0.29) is 12.7 Å². The maximum atomic E-state index is 11.1. The summed E-state index contributed by atoms with van der Waals surface area (Å²) >= 11 is 6.48.